The van der Waals surface area contributed by atoms with Crippen LogP contribution in [0.3, 0.4) is 0 Å². The molecule has 0 spiro atoms. The largest absolute Gasteiger partial charge is 0.481 e. The van der Waals surface area contributed by atoms with Gasteiger partial charge in [0.15, 0.2) is 0 Å². The highest BCUT2D eigenvalue weighted by molar-refractivity contribution is 7.92. The molecule has 0 bridgehead atoms. The van der Waals surface area contributed by atoms with Gasteiger partial charge in [-0.3, -0.25) is 9.10 Å². The van der Waals surface area contributed by atoms with Gasteiger partial charge in [-0.2, -0.15) is 0 Å². The van der Waals surface area contributed by atoms with Crippen molar-refractivity contribution in [1.82, 2.24) is 0 Å². The number of carbonyl (C=O) groups is 1. The average molecular weight is 349 g/mol. The molecule has 1 atom stereocenters. The van der Waals surface area contributed by atoms with Gasteiger partial charge < -0.3 is 5.11 Å². The molecule has 1 heterocycles. The van der Waals surface area contributed by atoms with E-state index in [2.05, 4.69) is 0 Å². The zero-order valence-electron chi connectivity index (χ0n) is 12.9. The number of aliphatic carboxylic acids is 1. The summed E-state index contributed by atoms with van der Waals surface area (Å²) in [6, 6.07) is 9.99. The summed E-state index contributed by atoms with van der Waals surface area (Å²) in [7, 11) is -3.91. The van der Waals surface area contributed by atoms with Crippen LogP contribution in [0.25, 0.3) is 0 Å². The Morgan fingerprint density at radius 3 is 2.50 bits per heavy atom. The van der Waals surface area contributed by atoms with Crippen LogP contribution in [0.5, 0.6) is 0 Å². The second-order valence-electron chi connectivity index (χ2n) is 5.63. The van der Waals surface area contributed by atoms with Gasteiger partial charge in [-0.05, 0) is 47.9 Å². The number of fused-ring (bicyclic) bond motifs is 1. The highest BCUT2D eigenvalue weighted by atomic mass is 32.2. The van der Waals surface area contributed by atoms with Gasteiger partial charge in [0.05, 0.1) is 17.1 Å². The normalized spacial score (nSPS) is 16.9. The number of aryl methyl sites for hydroxylation is 1. The smallest absolute Gasteiger partial charge is 0.312 e. The maximum absolute atomic E-state index is 13.5. The number of anilines is 1. The summed E-state index contributed by atoms with van der Waals surface area (Å²) in [5.41, 5.74) is 1.39. The van der Waals surface area contributed by atoms with Gasteiger partial charge in [0, 0.05) is 0 Å². The topological polar surface area (TPSA) is 74.7 Å². The highest BCUT2D eigenvalue weighted by Gasteiger charge is 2.40. The Kier molecular flexibility index (Phi) is 4.04. The molecular weight excluding hydrogens is 333 g/mol. The van der Waals surface area contributed by atoms with Gasteiger partial charge in [-0.1, -0.05) is 19.1 Å². The van der Waals surface area contributed by atoms with Crippen molar-refractivity contribution in [3.63, 3.8) is 0 Å². The van der Waals surface area contributed by atoms with E-state index in [1.807, 2.05) is 6.92 Å². The van der Waals surface area contributed by atoms with Crippen LogP contribution in [0.4, 0.5) is 10.1 Å². The van der Waals surface area contributed by atoms with Crippen molar-refractivity contribution in [2.24, 2.45) is 0 Å². The standard InChI is InChI=1S/C17H16FNO4S/c1-2-11-3-6-13(7-4-11)24(22,23)19-10-15(17(20)21)14-9-12(18)5-8-16(14)19/h3-9,15H,2,10H2,1H3,(H,20,21). The minimum Gasteiger partial charge on any atom is -0.481 e. The number of hydrogen-bond donors (Lipinski definition) is 1. The van der Waals surface area contributed by atoms with E-state index < -0.39 is 27.7 Å². The lowest BCUT2D eigenvalue weighted by Gasteiger charge is -2.20. The highest BCUT2D eigenvalue weighted by Crippen LogP contribution is 2.40. The van der Waals surface area contributed by atoms with Crippen LogP contribution in [0.1, 0.15) is 24.0 Å². The van der Waals surface area contributed by atoms with Crippen molar-refractivity contribution in [2.75, 3.05) is 10.8 Å². The molecule has 7 heteroatoms. The molecule has 5 nitrogen and oxygen atoms in total. The summed E-state index contributed by atoms with van der Waals surface area (Å²) in [6.45, 7) is 1.72. The molecule has 2 aromatic carbocycles. The Morgan fingerprint density at radius 1 is 1.25 bits per heavy atom. The first-order chi connectivity index (χ1) is 11.3. The number of carboxylic acids is 1. The fraction of sp³-hybridized carbons (Fsp3) is 0.235. The lowest BCUT2D eigenvalue weighted by atomic mass is 10.0. The lowest BCUT2D eigenvalue weighted by molar-refractivity contribution is -0.138. The fourth-order valence-corrected chi connectivity index (χ4v) is 4.36. The van der Waals surface area contributed by atoms with Crippen LogP contribution in [0.2, 0.25) is 0 Å². The molecule has 3 rings (SSSR count). The molecule has 0 aliphatic carbocycles. The first kappa shape index (κ1) is 16.4. The van der Waals surface area contributed by atoms with Crippen LogP contribution >= 0.6 is 0 Å². The molecule has 0 saturated carbocycles. The van der Waals surface area contributed by atoms with Gasteiger partial charge in [0.25, 0.3) is 10.0 Å². The lowest BCUT2D eigenvalue weighted by Crippen LogP contribution is -2.31. The summed E-state index contributed by atoms with van der Waals surface area (Å²) in [6.07, 6.45) is 0.785. The van der Waals surface area contributed by atoms with E-state index in [0.717, 1.165) is 28.4 Å². The molecular formula is C17H16FNO4S. The zero-order valence-corrected chi connectivity index (χ0v) is 13.8. The summed E-state index contributed by atoms with van der Waals surface area (Å²) < 4.78 is 40.3. The molecule has 0 amide bonds. The number of nitrogens with zero attached hydrogens (tertiary/aromatic N) is 1. The molecule has 1 aliphatic rings. The van der Waals surface area contributed by atoms with Gasteiger partial charge in [-0.25, -0.2) is 12.8 Å². The summed E-state index contributed by atoms with van der Waals surface area (Å²) in [5.74, 6) is -2.85. The van der Waals surface area contributed by atoms with Crippen LogP contribution in [-0.2, 0) is 21.2 Å². The van der Waals surface area contributed by atoms with E-state index in [9.17, 15) is 22.7 Å². The number of hydrogen-bond acceptors (Lipinski definition) is 3. The third-order valence-electron chi connectivity index (χ3n) is 4.20. The van der Waals surface area contributed by atoms with Gasteiger partial charge in [0.2, 0.25) is 0 Å². The van der Waals surface area contributed by atoms with Crippen LogP contribution in [0, 0.1) is 5.82 Å². The SMILES string of the molecule is CCc1ccc(S(=O)(=O)N2CC(C(=O)O)c3cc(F)ccc32)cc1. The monoisotopic (exact) mass is 349 g/mol. The van der Waals surface area contributed by atoms with E-state index in [1.165, 1.54) is 18.2 Å². The number of benzene rings is 2. The Hall–Kier alpha value is -2.41. The molecule has 24 heavy (non-hydrogen) atoms. The molecule has 2 aromatic rings. The Balaban J connectivity index is 2.07. The molecule has 0 fully saturated rings. The third-order valence-corrected chi connectivity index (χ3v) is 5.99. The molecule has 0 saturated heterocycles. The molecule has 1 unspecified atom stereocenters. The summed E-state index contributed by atoms with van der Waals surface area (Å²) in [5, 5.41) is 9.33. The Morgan fingerprint density at radius 2 is 1.92 bits per heavy atom. The second-order valence-corrected chi connectivity index (χ2v) is 7.49. The summed E-state index contributed by atoms with van der Waals surface area (Å²) in [4.78, 5) is 11.5. The van der Waals surface area contributed by atoms with E-state index in [4.69, 9.17) is 0 Å². The van der Waals surface area contributed by atoms with E-state index >= 15 is 0 Å². The number of carboxylic acid groups (broad SMARTS) is 1. The second kappa shape index (κ2) is 5.90. The van der Waals surface area contributed by atoms with Crippen molar-refractivity contribution >= 4 is 21.7 Å². The Labute approximate surface area is 139 Å². The van der Waals surface area contributed by atoms with Gasteiger partial charge in [0.1, 0.15) is 11.7 Å². The Bertz CT molecular complexity index is 893. The quantitative estimate of drug-likeness (QED) is 0.921. The molecule has 1 N–H and O–H groups in total. The minimum absolute atomic E-state index is 0.0843. The first-order valence-corrected chi connectivity index (χ1v) is 8.92. The van der Waals surface area contributed by atoms with Gasteiger partial charge in [-0.15, -0.1) is 0 Å². The summed E-state index contributed by atoms with van der Waals surface area (Å²) >= 11 is 0. The van der Waals surface area contributed by atoms with Crippen LogP contribution < -0.4 is 4.31 Å². The predicted octanol–water partition coefficient (Wildman–Crippen LogP) is 2.77. The number of sulfonamides is 1. The van der Waals surface area contributed by atoms with E-state index in [-0.39, 0.29) is 22.7 Å². The zero-order chi connectivity index (χ0) is 17.5. The average Bonchev–Trinajstić information content (AvgIpc) is 2.94. The van der Waals surface area contributed by atoms with Gasteiger partial charge >= 0.3 is 5.97 Å². The molecule has 1 aliphatic heterocycles. The maximum Gasteiger partial charge on any atom is 0.312 e. The minimum atomic E-state index is -3.91. The van der Waals surface area contributed by atoms with E-state index in [1.54, 1.807) is 12.1 Å². The predicted molar refractivity (Wildman–Crippen MR) is 87.1 cm³/mol. The number of halogens is 1. The van der Waals surface area contributed by atoms with E-state index in [0.29, 0.717) is 0 Å². The third kappa shape index (κ3) is 2.65. The van der Waals surface area contributed by atoms with Crippen molar-refractivity contribution in [1.29, 1.82) is 0 Å². The van der Waals surface area contributed by atoms with Crippen molar-refractivity contribution in [3.05, 3.63) is 59.4 Å². The van der Waals surface area contributed by atoms with Crippen molar-refractivity contribution < 1.29 is 22.7 Å². The maximum atomic E-state index is 13.5. The molecule has 126 valence electrons. The fourth-order valence-electron chi connectivity index (χ4n) is 2.86. The van der Waals surface area contributed by atoms with Crippen molar-refractivity contribution in [3.8, 4) is 0 Å². The van der Waals surface area contributed by atoms with Crippen LogP contribution in [0.15, 0.2) is 47.4 Å². The molecule has 0 radical (unpaired) electrons. The first-order valence-electron chi connectivity index (χ1n) is 7.48. The molecule has 0 aromatic heterocycles. The van der Waals surface area contributed by atoms with Crippen LogP contribution in [-0.4, -0.2) is 26.0 Å². The number of rotatable bonds is 4. The van der Waals surface area contributed by atoms with Crippen molar-refractivity contribution in [2.45, 2.75) is 24.2 Å².